The van der Waals surface area contributed by atoms with Crippen molar-refractivity contribution < 1.29 is 17.9 Å². The fourth-order valence-electron chi connectivity index (χ4n) is 2.68. The number of allylic oxidation sites excluding steroid dienone is 4. The molecule has 1 aliphatic rings. The number of aromatic nitrogens is 1. The van der Waals surface area contributed by atoms with E-state index < -0.39 is 6.43 Å². The average Bonchev–Trinajstić information content (AvgIpc) is 2.88. The minimum Gasteiger partial charge on any atom is -0.498 e. The molecule has 0 spiro atoms. The zero-order chi connectivity index (χ0) is 19.2. The van der Waals surface area contributed by atoms with Crippen molar-refractivity contribution in [1.82, 2.24) is 10.3 Å². The Morgan fingerprint density at radius 2 is 2.15 bits per heavy atom. The van der Waals surface area contributed by atoms with Crippen molar-refractivity contribution in [3.05, 3.63) is 84.1 Å². The van der Waals surface area contributed by atoms with E-state index >= 15 is 0 Å². The van der Waals surface area contributed by atoms with Crippen LogP contribution in [0, 0.1) is 5.92 Å². The lowest BCUT2D eigenvalue weighted by molar-refractivity contribution is 0.151. The number of fused-ring (bicyclic) bond motifs is 1. The largest absolute Gasteiger partial charge is 0.498 e. The number of nitrogens with zero attached hydrogens (tertiary/aromatic N) is 1. The highest BCUT2D eigenvalue weighted by atomic mass is 19.3. The van der Waals surface area contributed by atoms with Crippen LogP contribution in [0.15, 0.2) is 72.9 Å². The molecule has 0 radical (unpaired) electrons. The van der Waals surface area contributed by atoms with Crippen LogP contribution in [0.1, 0.15) is 17.6 Å². The van der Waals surface area contributed by atoms with Gasteiger partial charge in [0, 0.05) is 35.7 Å². The van der Waals surface area contributed by atoms with Gasteiger partial charge in [-0.1, -0.05) is 30.4 Å². The van der Waals surface area contributed by atoms with Crippen LogP contribution in [0.4, 0.5) is 13.2 Å². The Hall–Kier alpha value is -3.02. The van der Waals surface area contributed by atoms with E-state index in [1.807, 2.05) is 12.1 Å². The van der Waals surface area contributed by atoms with E-state index in [1.54, 1.807) is 37.6 Å². The van der Waals surface area contributed by atoms with Gasteiger partial charge in [0.25, 0.3) is 6.43 Å². The number of rotatable bonds is 6. The molecule has 3 rings (SSSR count). The number of hydrogen-bond acceptors (Lipinski definition) is 3. The lowest BCUT2D eigenvalue weighted by atomic mass is 10.1. The Morgan fingerprint density at radius 3 is 2.93 bits per heavy atom. The first-order valence-electron chi connectivity index (χ1n) is 8.47. The zero-order valence-electron chi connectivity index (χ0n) is 14.7. The summed E-state index contributed by atoms with van der Waals surface area (Å²) in [5.41, 5.74) is 2.07. The van der Waals surface area contributed by atoms with E-state index in [9.17, 15) is 13.2 Å². The number of benzene rings is 1. The molecule has 140 valence electrons. The summed E-state index contributed by atoms with van der Waals surface area (Å²) in [4.78, 5) is 4.12. The van der Waals surface area contributed by atoms with Crippen molar-refractivity contribution in [3.8, 4) is 0 Å². The summed E-state index contributed by atoms with van der Waals surface area (Å²) in [6.07, 6.45) is 8.30. The Bertz CT molecular complexity index is 932. The fourth-order valence-corrected chi connectivity index (χ4v) is 2.68. The van der Waals surface area contributed by atoms with Crippen LogP contribution in [0.5, 0.6) is 0 Å². The second kappa shape index (κ2) is 8.58. The molecule has 3 nitrogen and oxygen atoms in total. The van der Waals surface area contributed by atoms with Gasteiger partial charge < -0.3 is 10.1 Å². The second-order valence-corrected chi connectivity index (χ2v) is 6.05. The van der Waals surface area contributed by atoms with E-state index in [0.29, 0.717) is 17.5 Å². The summed E-state index contributed by atoms with van der Waals surface area (Å²) >= 11 is 0. The predicted molar refractivity (Wildman–Crippen MR) is 101 cm³/mol. The summed E-state index contributed by atoms with van der Waals surface area (Å²) in [5.74, 6) is -0.325. The highest BCUT2D eigenvalue weighted by Gasteiger charge is 2.10. The highest BCUT2D eigenvalue weighted by Crippen LogP contribution is 2.24. The molecule has 0 saturated heterocycles. The van der Waals surface area contributed by atoms with Gasteiger partial charge in [-0.05, 0) is 24.3 Å². The minimum absolute atomic E-state index is 0.0325. The van der Waals surface area contributed by atoms with Crippen molar-refractivity contribution >= 4 is 16.6 Å². The number of pyridine rings is 1. The minimum atomic E-state index is -2.54. The fraction of sp³-hybridized carbons (Fsp3) is 0.190. The molecule has 0 aliphatic heterocycles. The smallest absolute Gasteiger partial charge is 0.265 e. The average molecular weight is 372 g/mol. The van der Waals surface area contributed by atoms with E-state index in [2.05, 4.69) is 10.3 Å². The van der Waals surface area contributed by atoms with E-state index in [4.69, 9.17) is 4.74 Å². The van der Waals surface area contributed by atoms with Crippen molar-refractivity contribution in [1.29, 1.82) is 0 Å². The van der Waals surface area contributed by atoms with Crippen LogP contribution < -0.4 is 5.32 Å². The third-order valence-corrected chi connectivity index (χ3v) is 4.14. The molecule has 6 heteroatoms. The quantitative estimate of drug-likeness (QED) is 0.699. The normalized spacial score (nSPS) is 17.1. The molecular formula is C21H19F3N2O. The first-order valence-corrected chi connectivity index (χ1v) is 8.47. The van der Waals surface area contributed by atoms with Gasteiger partial charge in [0.05, 0.1) is 17.8 Å². The molecular weight excluding hydrogens is 353 g/mol. The predicted octanol–water partition coefficient (Wildman–Crippen LogP) is 5.30. The van der Waals surface area contributed by atoms with Gasteiger partial charge in [0.1, 0.15) is 12.1 Å². The van der Waals surface area contributed by atoms with Crippen LogP contribution in [-0.2, 0) is 4.74 Å². The number of ether oxygens (including phenoxy) is 1. The Balaban J connectivity index is 1.73. The lowest BCUT2D eigenvalue weighted by Gasteiger charge is -2.11. The van der Waals surface area contributed by atoms with Gasteiger partial charge >= 0.3 is 0 Å². The molecule has 0 fully saturated rings. The second-order valence-electron chi connectivity index (χ2n) is 6.05. The third-order valence-electron chi connectivity index (χ3n) is 4.14. The monoisotopic (exact) mass is 372 g/mol. The standard InChI is InChI=1S/C21H19F3N2O/c1-25-20(13-27-12-14-3-2-4-18(22)8-5-14)16-7-6-15-9-17(21(23)24)11-26-19(15)10-16/h2-11,13-14,21,25H,12H2,1H3/b20-13-. The molecule has 1 N–H and O–H groups in total. The molecule has 1 aromatic carbocycles. The molecule has 1 unspecified atom stereocenters. The van der Waals surface area contributed by atoms with Crippen LogP contribution in [0.3, 0.4) is 0 Å². The maximum Gasteiger partial charge on any atom is 0.265 e. The van der Waals surface area contributed by atoms with Crippen LogP contribution in [-0.4, -0.2) is 18.6 Å². The van der Waals surface area contributed by atoms with Gasteiger partial charge in [0.15, 0.2) is 0 Å². The van der Waals surface area contributed by atoms with Gasteiger partial charge in [-0.3, -0.25) is 4.98 Å². The van der Waals surface area contributed by atoms with Gasteiger partial charge in [0.2, 0.25) is 0 Å². The number of nitrogens with one attached hydrogen (secondary N) is 1. The highest BCUT2D eigenvalue weighted by molar-refractivity contribution is 5.83. The van der Waals surface area contributed by atoms with Crippen LogP contribution >= 0.6 is 0 Å². The SMILES string of the molecule is CN/C(=C\OCC1C=CC=C(F)C=C1)c1ccc2cc(C(F)F)cnc2c1. The third kappa shape index (κ3) is 4.78. The first kappa shape index (κ1) is 18.8. The first-order chi connectivity index (χ1) is 13.1. The number of hydrogen-bond donors (Lipinski definition) is 1. The summed E-state index contributed by atoms with van der Waals surface area (Å²) in [7, 11) is 1.76. The van der Waals surface area contributed by atoms with E-state index in [-0.39, 0.29) is 17.3 Å². The van der Waals surface area contributed by atoms with Crippen molar-refractivity contribution in [2.24, 2.45) is 5.92 Å². The van der Waals surface area contributed by atoms with Gasteiger partial charge in [-0.25, -0.2) is 13.2 Å². The maximum atomic E-state index is 13.2. The molecule has 1 aromatic heterocycles. The van der Waals surface area contributed by atoms with Crippen molar-refractivity contribution in [2.45, 2.75) is 6.43 Å². The van der Waals surface area contributed by atoms with E-state index in [0.717, 1.165) is 11.3 Å². The molecule has 0 bridgehead atoms. The lowest BCUT2D eigenvalue weighted by Crippen LogP contribution is -2.07. The molecule has 1 aliphatic carbocycles. The molecule has 2 aromatic rings. The molecule has 1 atom stereocenters. The van der Waals surface area contributed by atoms with E-state index in [1.165, 1.54) is 24.4 Å². The topological polar surface area (TPSA) is 34.1 Å². The Kier molecular flexibility index (Phi) is 5.96. The van der Waals surface area contributed by atoms with Gasteiger partial charge in [-0.15, -0.1) is 0 Å². The number of halogens is 3. The Labute approximate surface area is 155 Å². The summed E-state index contributed by atoms with van der Waals surface area (Å²) in [6, 6.07) is 6.81. The Morgan fingerprint density at radius 1 is 1.30 bits per heavy atom. The molecule has 27 heavy (non-hydrogen) atoms. The molecule has 1 heterocycles. The van der Waals surface area contributed by atoms with Gasteiger partial charge in [-0.2, -0.15) is 0 Å². The summed E-state index contributed by atoms with van der Waals surface area (Å²) in [5, 5.41) is 3.70. The van der Waals surface area contributed by atoms with Crippen LogP contribution in [0.25, 0.3) is 16.6 Å². The van der Waals surface area contributed by atoms with Crippen molar-refractivity contribution in [3.63, 3.8) is 0 Å². The molecule has 0 amide bonds. The summed E-state index contributed by atoms with van der Waals surface area (Å²) < 4.78 is 44.4. The zero-order valence-corrected chi connectivity index (χ0v) is 14.7. The van der Waals surface area contributed by atoms with Crippen LogP contribution in [0.2, 0.25) is 0 Å². The number of alkyl halides is 2. The molecule has 0 saturated carbocycles. The summed E-state index contributed by atoms with van der Waals surface area (Å²) in [6.45, 7) is 0.364. The maximum absolute atomic E-state index is 13.2. The van der Waals surface area contributed by atoms with Crippen molar-refractivity contribution in [2.75, 3.05) is 13.7 Å².